The zero-order chi connectivity index (χ0) is 21.7. The van der Waals surface area contributed by atoms with Crippen molar-refractivity contribution in [2.75, 3.05) is 13.7 Å². The lowest BCUT2D eigenvalue weighted by Gasteiger charge is -2.17. The predicted octanol–water partition coefficient (Wildman–Crippen LogP) is 4.83. The van der Waals surface area contributed by atoms with Gasteiger partial charge in [0.15, 0.2) is 11.0 Å². The van der Waals surface area contributed by atoms with Crippen molar-refractivity contribution in [1.82, 2.24) is 20.1 Å². The monoisotopic (exact) mass is 468 g/mol. The summed E-state index contributed by atoms with van der Waals surface area (Å²) in [7, 11) is 1.45. The summed E-state index contributed by atoms with van der Waals surface area (Å²) in [5.41, 5.74) is 1.57. The number of halogens is 3. The maximum Gasteiger partial charge on any atom is 0.246 e. The minimum absolute atomic E-state index is 0.0631. The van der Waals surface area contributed by atoms with Crippen LogP contribution in [0, 0.1) is 5.82 Å². The highest BCUT2D eigenvalue weighted by Crippen LogP contribution is 2.32. The number of nitrogens with zero attached hydrogens (tertiary/aromatic N) is 3. The van der Waals surface area contributed by atoms with E-state index in [4.69, 9.17) is 27.9 Å². The molecule has 3 rings (SSSR count). The van der Waals surface area contributed by atoms with Crippen molar-refractivity contribution in [3.63, 3.8) is 0 Å². The summed E-state index contributed by atoms with van der Waals surface area (Å²) in [4.78, 5) is 12.0. The third-order valence-electron chi connectivity index (χ3n) is 4.13. The topological polar surface area (TPSA) is 69.0 Å². The van der Waals surface area contributed by atoms with E-state index in [1.807, 2.05) is 0 Å². The van der Waals surface area contributed by atoms with Crippen LogP contribution in [0.2, 0.25) is 10.0 Å². The fourth-order valence-electron chi connectivity index (χ4n) is 2.75. The Morgan fingerprint density at radius 2 is 1.97 bits per heavy atom. The highest BCUT2D eigenvalue weighted by molar-refractivity contribution is 7.98. The van der Waals surface area contributed by atoms with E-state index in [-0.39, 0.29) is 18.3 Å². The van der Waals surface area contributed by atoms with Crippen LogP contribution < -0.4 is 5.32 Å². The van der Waals surface area contributed by atoms with Gasteiger partial charge in [-0.15, -0.1) is 10.2 Å². The second-order valence-electron chi connectivity index (χ2n) is 6.41. The Morgan fingerprint density at radius 1 is 1.23 bits per heavy atom. The standard InChI is InChI=1S/C20H19Cl2FN4O2S/c1-12(24-18(28)10-29-2)19-25-26-20(30-11-13-3-6-15(23)7-4-13)27(19)17-8-5-14(21)9-16(17)22/h3-9,12H,10-11H2,1-2H3,(H,24,28). The third kappa shape index (κ3) is 5.51. The number of nitrogens with one attached hydrogen (secondary N) is 1. The normalized spacial score (nSPS) is 12.0. The lowest BCUT2D eigenvalue weighted by Crippen LogP contribution is -2.31. The Bertz CT molecular complexity index is 1030. The number of carbonyl (C=O) groups excluding carboxylic acids is 1. The number of aromatic nitrogens is 3. The predicted molar refractivity (Wildman–Crippen MR) is 116 cm³/mol. The van der Waals surface area contributed by atoms with Crippen LogP contribution in [0.5, 0.6) is 0 Å². The molecule has 0 spiro atoms. The summed E-state index contributed by atoms with van der Waals surface area (Å²) < 4.78 is 19.8. The first kappa shape index (κ1) is 22.6. The summed E-state index contributed by atoms with van der Waals surface area (Å²) in [6.45, 7) is 1.73. The lowest BCUT2D eigenvalue weighted by atomic mass is 10.2. The van der Waals surface area contributed by atoms with E-state index in [1.54, 1.807) is 41.8 Å². The molecule has 1 aromatic heterocycles. The molecule has 2 aromatic carbocycles. The fraction of sp³-hybridized carbons (Fsp3) is 0.250. The number of benzene rings is 2. The summed E-state index contributed by atoms with van der Waals surface area (Å²) in [5.74, 6) is 0.490. The van der Waals surface area contributed by atoms with Gasteiger partial charge in [-0.25, -0.2) is 4.39 Å². The molecule has 0 radical (unpaired) electrons. The molecular weight excluding hydrogens is 450 g/mol. The largest absolute Gasteiger partial charge is 0.375 e. The SMILES string of the molecule is COCC(=O)NC(C)c1nnc(SCc2ccc(F)cc2)n1-c1ccc(Cl)cc1Cl. The fourth-order valence-corrected chi connectivity index (χ4v) is 4.15. The molecule has 158 valence electrons. The van der Waals surface area contributed by atoms with Crippen molar-refractivity contribution in [2.45, 2.75) is 23.9 Å². The van der Waals surface area contributed by atoms with Crippen molar-refractivity contribution in [2.24, 2.45) is 0 Å². The van der Waals surface area contributed by atoms with E-state index in [9.17, 15) is 9.18 Å². The molecule has 30 heavy (non-hydrogen) atoms. The average molecular weight is 469 g/mol. The molecule has 1 amide bonds. The highest BCUT2D eigenvalue weighted by Gasteiger charge is 2.22. The van der Waals surface area contributed by atoms with E-state index < -0.39 is 6.04 Å². The van der Waals surface area contributed by atoms with Crippen LogP contribution in [0.1, 0.15) is 24.4 Å². The van der Waals surface area contributed by atoms with Gasteiger partial charge in [0.05, 0.1) is 16.8 Å². The zero-order valence-electron chi connectivity index (χ0n) is 16.2. The van der Waals surface area contributed by atoms with Gasteiger partial charge < -0.3 is 10.1 Å². The number of thioether (sulfide) groups is 1. The second-order valence-corrected chi connectivity index (χ2v) is 8.20. The van der Waals surface area contributed by atoms with Crippen molar-refractivity contribution < 1.29 is 13.9 Å². The van der Waals surface area contributed by atoms with Crippen LogP contribution in [0.25, 0.3) is 5.69 Å². The van der Waals surface area contributed by atoms with Crippen LogP contribution in [0.3, 0.4) is 0 Å². The molecule has 6 nitrogen and oxygen atoms in total. The number of methoxy groups -OCH3 is 1. The smallest absolute Gasteiger partial charge is 0.246 e. The summed E-state index contributed by atoms with van der Waals surface area (Å²) in [5, 5.41) is 12.9. The quantitative estimate of drug-likeness (QED) is 0.479. The van der Waals surface area contributed by atoms with Crippen LogP contribution in [-0.2, 0) is 15.3 Å². The van der Waals surface area contributed by atoms with Crippen LogP contribution in [0.15, 0.2) is 47.6 Å². The average Bonchev–Trinajstić information content (AvgIpc) is 3.11. The van der Waals surface area contributed by atoms with E-state index in [1.165, 1.54) is 31.0 Å². The molecule has 0 saturated heterocycles. The molecule has 0 aliphatic carbocycles. The first-order valence-corrected chi connectivity index (χ1v) is 10.7. The molecule has 10 heteroatoms. The van der Waals surface area contributed by atoms with Crippen LogP contribution in [-0.4, -0.2) is 34.4 Å². The van der Waals surface area contributed by atoms with Crippen molar-refractivity contribution >= 4 is 40.9 Å². The van der Waals surface area contributed by atoms with Crippen molar-refractivity contribution in [3.8, 4) is 5.69 Å². The Kier molecular flexibility index (Phi) is 7.71. The molecular formula is C20H19Cl2FN4O2S. The van der Waals surface area contributed by atoms with Gasteiger partial charge in [-0.2, -0.15) is 0 Å². The van der Waals surface area contributed by atoms with Gasteiger partial charge in [-0.1, -0.05) is 47.1 Å². The van der Waals surface area contributed by atoms with E-state index in [0.717, 1.165) is 5.56 Å². The van der Waals surface area contributed by atoms with Gasteiger partial charge in [0, 0.05) is 17.9 Å². The first-order valence-electron chi connectivity index (χ1n) is 8.95. The molecule has 1 atom stereocenters. The molecule has 0 saturated carbocycles. The molecule has 0 aliphatic rings. The Balaban J connectivity index is 1.94. The van der Waals surface area contributed by atoms with E-state index >= 15 is 0 Å². The Labute approximate surface area is 187 Å². The van der Waals surface area contributed by atoms with Gasteiger partial charge in [-0.05, 0) is 42.8 Å². The number of ether oxygens (including phenoxy) is 1. The summed E-state index contributed by atoms with van der Waals surface area (Å²) in [6, 6.07) is 10.9. The summed E-state index contributed by atoms with van der Waals surface area (Å²) in [6.07, 6.45) is 0. The van der Waals surface area contributed by atoms with Crippen LogP contribution >= 0.6 is 35.0 Å². The van der Waals surface area contributed by atoms with Crippen molar-refractivity contribution in [1.29, 1.82) is 0 Å². The van der Waals surface area contributed by atoms with Crippen molar-refractivity contribution in [3.05, 3.63) is 69.7 Å². The maximum atomic E-state index is 13.2. The molecule has 0 fully saturated rings. The summed E-state index contributed by atoms with van der Waals surface area (Å²) >= 11 is 13.9. The molecule has 1 N–H and O–H groups in total. The lowest BCUT2D eigenvalue weighted by molar-refractivity contribution is -0.125. The molecule has 1 unspecified atom stereocenters. The number of hydrogen-bond acceptors (Lipinski definition) is 5. The van der Waals surface area contributed by atoms with Crippen LogP contribution in [0.4, 0.5) is 4.39 Å². The third-order valence-corrected chi connectivity index (χ3v) is 5.67. The molecule has 1 heterocycles. The Hall–Kier alpha value is -2.13. The minimum Gasteiger partial charge on any atom is -0.375 e. The van der Waals surface area contributed by atoms with Gasteiger partial charge in [0.1, 0.15) is 12.4 Å². The van der Waals surface area contributed by atoms with Gasteiger partial charge in [-0.3, -0.25) is 9.36 Å². The number of carbonyl (C=O) groups is 1. The molecule has 0 aliphatic heterocycles. The maximum absolute atomic E-state index is 13.2. The van der Waals surface area contributed by atoms with Gasteiger partial charge in [0.2, 0.25) is 5.91 Å². The van der Waals surface area contributed by atoms with Gasteiger partial charge >= 0.3 is 0 Å². The number of rotatable bonds is 8. The number of hydrogen-bond donors (Lipinski definition) is 1. The molecule has 0 bridgehead atoms. The Morgan fingerprint density at radius 3 is 2.63 bits per heavy atom. The molecule has 3 aromatic rings. The van der Waals surface area contributed by atoms with E-state index in [0.29, 0.717) is 32.5 Å². The second kappa shape index (κ2) is 10.3. The van der Waals surface area contributed by atoms with Gasteiger partial charge in [0.25, 0.3) is 0 Å². The zero-order valence-corrected chi connectivity index (χ0v) is 18.6. The number of amides is 1. The highest BCUT2D eigenvalue weighted by atomic mass is 35.5. The minimum atomic E-state index is -0.452. The van der Waals surface area contributed by atoms with E-state index in [2.05, 4.69) is 15.5 Å². The first-order chi connectivity index (χ1) is 14.4.